The van der Waals surface area contributed by atoms with Crippen LogP contribution in [0.3, 0.4) is 0 Å². The van der Waals surface area contributed by atoms with Crippen LogP contribution in [-0.4, -0.2) is 4.68 Å². The van der Waals surface area contributed by atoms with Crippen LogP contribution in [0.5, 0.6) is 0 Å². The molecule has 0 radical (unpaired) electrons. The second-order valence-corrected chi connectivity index (χ2v) is 3.38. The number of rotatable bonds is 1. The molecular formula is C9H10Cl2N4. The molecule has 2 rings (SSSR count). The quantitative estimate of drug-likeness (QED) is 0.432. The molecule has 80 valence electrons. The molecule has 0 bridgehead atoms. The third-order valence-corrected chi connectivity index (χ3v) is 2.23. The van der Waals surface area contributed by atoms with Crippen molar-refractivity contribution in [3.63, 3.8) is 0 Å². The fourth-order valence-electron chi connectivity index (χ4n) is 1.32. The predicted molar refractivity (Wildman–Crippen MR) is 55.4 cm³/mol. The number of nitrogen functional groups attached to an aromatic ring is 2. The number of nitrogens with two attached hydrogens (primary N) is 2. The first-order chi connectivity index (χ1) is 6.68. The standard InChI is InChI=1S/C9H10ClN4.ClH/c10-8-3-1-7(2-4-8)9-13(11)5-6-14(9)12;/h1-6H,11-12H2;1H/q+1;/p-1. The van der Waals surface area contributed by atoms with E-state index in [4.69, 9.17) is 23.3 Å². The van der Waals surface area contributed by atoms with E-state index in [0.717, 1.165) is 11.4 Å². The summed E-state index contributed by atoms with van der Waals surface area (Å²) < 4.78 is 2.92. The molecule has 0 aliphatic carbocycles. The van der Waals surface area contributed by atoms with E-state index in [0.29, 0.717) is 5.02 Å². The zero-order valence-corrected chi connectivity index (χ0v) is 9.28. The van der Waals surface area contributed by atoms with Gasteiger partial charge in [-0.1, -0.05) is 11.6 Å². The van der Waals surface area contributed by atoms with E-state index in [9.17, 15) is 0 Å². The topological polar surface area (TPSA) is 60.8 Å². The Bertz CT molecular complexity index is 430. The van der Waals surface area contributed by atoms with Crippen LogP contribution in [0.15, 0.2) is 36.7 Å². The molecule has 0 amide bonds. The SMILES string of the molecule is Nn1cc[n+](N)c1-c1ccc(Cl)cc1.[Cl-]. The number of halogens is 2. The van der Waals surface area contributed by atoms with Gasteiger partial charge in [-0.15, -0.1) is 9.35 Å². The summed E-state index contributed by atoms with van der Waals surface area (Å²) in [5, 5.41) is 0.687. The first-order valence-corrected chi connectivity index (χ1v) is 4.45. The summed E-state index contributed by atoms with van der Waals surface area (Å²) in [5.41, 5.74) is 0.921. The molecular weight excluding hydrogens is 235 g/mol. The lowest BCUT2D eigenvalue weighted by Crippen LogP contribution is -3.00. The van der Waals surface area contributed by atoms with Gasteiger partial charge in [-0.05, 0) is 24.3 Å². The Hall–Kier alpha value is -1.39. The van der Waals surface area contributed by atoms with Gasteiger partial charge in [-0.25, -0.2) is 0 Å². The summed E-state index contributed by atoms with van der Waals surface area (Å²) in [7, 11) is 0. The molecule has 0 aliphatic heterocycles. The van der Waals surface area contributed by atoms with Crippen molar-refractivity contribution in [2.24, 2.45) is 0 Å². The fourth-order valence-corrected chi connectivity index (χ4v) is 1.44. The van der Waals surface area contributed by atoms with Gasteiger partial charge in [-0.3, -0.25) is 11.7 Å². The van der Waals surface area contributed by atoms with Gasteiger partial charge in [0.1, 0.15) is 0 Å². The molecule has 1 aromatic carbocycles. The van der Waals surface area contributed by atoms with E-state index in [1.807, 2.05) is 12.1 Å². The summed E-state index contributed by atoms with van der Waals surface area (Å²) in [6.07, 6.45) is 3.37. The Labute approximate surface area is 98.4 Å². The lowest BCUT2D eigenvalue weighted by molar-refractivity contribution is -0.626. The maximum Gasteiger partial charge on any atom is 0.335 e. The summed E-state index contributed by atoms with van der Waals surface area (Å²) in [5.74, 6) is 12.1. The van der Waals surface area contributed by atoms with E-state index in [1.54, 1.807) is 24.5 Å². The molecule has 0 atom stereocenters. The number of benzene rings is 1. The van der Waals surface area contributed by atoms with Gasteiger partial charge < -0.3 is 12.4 Å². The van der Waals surface area contributed by atoms with Crippen molar-refractivity contribution in [2.75, 3.05) is 11.7 Å². The average molecular weight is 245 g/mol. The van der Waals surface area contributed by atoms with E-state index in [-0.39, 0.29) is 12.4 Å². The number of imidazole rings is 1. The highest BCUT2D eigenvalue weighted by Gasteiger charge is 2.15. The van der Waals surface area contributed by atoms with Gasteiger partial charge in [0.05, 0.1) is 5.56 Å². The highest BCUT2D eigenvalue weighted by molar-refractivity contribution is 6.30. The molecule has 6 heteroatoms. The van der Waals surface area contributed by atoms with Crippen molar-refractivity contribution in [1.29, 1.82) is 0 Å². The van der Waals surface area contributed by atoms with Crippen LogP contribution in [0, 0.1) is 0 Å². The third-order valence-electron chi connectivity index (χ3n) is 1.98. The minimum atomic E-state index is 0. The molecule has 4 nitrogen and oxygen atoms in total. The lowest BCUT2D eigenvalue weighted by atomic mass is 10.2. The van der Waals surface area contributed by atoms with E-state index in [1.165, 1.54) is 9.35 Å². The van der Waals surface area contributed by atoms with E-state index in [2.05, 4.69) is 0 Å². The number of hydrogen-bond acceptors (Lipinski definition) is 2. The molecule has 0 fully saturated rings. The van der Waals surface area contributed by atoms with Gasteiger partial charge in [-0.2, -0.15) is 0 Å². The van der Waals surface area contributed by atoms with Crippen LogP contribution < -0.4 is 28.8 Å². The Kier molecular flexibility index (Phi) is 3.44. The molecule has 1 aromatic heterocycles. The number of aromatic nitrogens is 2. The van der Waals surface area contributed by atoms with E-state index >= 15 is 0 Å². The monoisotopic (exact) mass is 244 g/mol. The van der Waals surface area contributed by atoms with Gasteiger partial charge in [0.15, 0.2) is 12.4 Å². The molecule has 0 spiro atoms. The van der Waals surface area contributed by atoms with Crippen molar-refractivity contribution in [3.05, 3.63) is 41.7 Å². The molecule has 4 N–H and O–H groups in total. The minimum Gasteiger partial charge on any atom is -1.00 e. The van der Waals surface area contributed by atoms with Crippen LogP contribution in [0.25, 0.3) is 11.4 Å². The Morgan fingerprint density at radius 1 is 1.20 bits per heavy atom. The maximum atomic E-state index is 5.78. The van der Waals surface area contributed by atoms with Crippen molar-refractivity contribution in [2.45, 2.75) is 0 Å². The zero-order chi connectivity index (χ0) is 10.1. The Balaban J connectivity index is 0.00000112. The maximum absolute atomic E-state index is 5.78. The molecule has 0 unspecified atom stereocenters. The van der Waals surface area contributed by atoms with Crippen molar-refractivity contribution < 1.29 is 17.1 Å². The second-order valence-electron chi connectivity index (χ2n) is 2.94. The highest BCUT2D eigenvalue weighted by atomic mass is 35.5. The molecule has 1 heterocycles. The Morgan fingerprint density at radius 3 is 2.27 bits per heavy atom. The lowest BCUT2D eigenvalue weighted by Gasteiger charge is -1.97. The normalized spacial score (nSPS) is 9.67. The van der Waals surface area contributed by atoms with Crippen LogP contribution in [0.1, 0.15) is 0 Å². The largest absolute Gasteiger partial charge is 1.00 e. The highest BCUT2D eigenvalue weighted by Crippen LogP contribution is 2.16. The minimum absolute atomic E-state index is 0. The van der Waals surface area contributed by atoms with Crippen LogP contribution in [0.2, 0.25) is 5.02 Å². The summed E-state index contributed by atoms with van der Waals surface area (Å²) in [6, 6.07) is 7.32. The summed E-state index contributed by atoms with van der Waals surface area (Å²) in [4.78, 5) is 0. The second kappa shape index (κ2) is 4.42. The van der Waals surface area contributed by atoms with Crippen molar-refractivity contribution in [3.8, 4) is 11.4 Å². The molecule has 0 saturated heterocycles. The first kappa shape index (κ1) is 11.7. The third kappa shape index (κ3) is 2.16. The van der Waals surface area contributed by atoms with Crippen LogP contribution in [0.4, 0.5) is 0 Å². The fraction of sp³-hybridized carbons (Fsp3) is 0. The predicted octanol–water partition coefficient (Wildman–Crippen LogP) is -2.47. The zero-order valence-electron chi connectivity index (χ0n) is 7.77. The number of nitrogens with zero attached hydrogens (tertiary/aromatic N) is 2. The van der Waals surface area contributed by atoms with Crippen LogP contribution >= 0.6 is 11.6 Å². The van der Waals surface area contributed by atoms with Crippen molar-refractivity contribution in [1.82, 2.24) is 4.68 Å². The van der Waals surface area contributed by atoms with Gasteiger partial charge in [0.2, 0.25) is 0 Å². The molecule has 2 aromatic rings. The number of hydrogen-bond donors (Lipinski definition) is 2. The molecule has 0 saturated carbocycles. The molecule has 15 heavy (non-hydrogen) atoms. The van der Waals surface area contributed by atoms with Gasteiger partial charge >= 0.3 is 5.82 Å². The Morgan fingerprint density at radius 2 is 1.80 bits per heavy atom. The average Bonchev–Trinajstić information content (AvgIpc) is 2.49. The molecule has 0 aliphatic rings. The van der Waals surface area contributed by atoms with Gasteiger partial charge in [0, 0.05) is 5.02 Å². The van der Waals surface area contributed by atoms with Crippen molar-refractivity contribution >= 4 is 11.6 Å². The smallest absolute Gasteiger partial charge is 0.335 e. The summed E-state index contributed by atoms with van der Waals surface area (Å²) >= 11 is 5.78. The van der Waals surface area contributed by atoms with Gasteiger partial charge in [0.25, 0.3) is 0 Å². The van der Waals surface area contributed by atoms with E-state index < -0.39 is 0 Å². The first-order valence-electron chi connectivity index (χ1n) is 4.07. The summed E-state index contributed by atoms with van der Waals surface area (Å²) in [6.45, 7) is 0. The van der Waals surface area contributed by atoms with Crippen LogP contribution in [-0.2, 0) is 0 Å².